The summed E-state index contributed by atoms with van der Waals surface area (Å²) in [4.78, 5) is 31.6. The molecule has 1 saturated carbocycles. The molecule has 0 aromatic carbocycles. The smallest absolute Gasteiger partial charge is 0.317 e. The predicted molar refractivity (Wildman–Crippen MR) is 104 cm³/mol. The number of hydrogen-bond acceptors (Lipinski definition) is 5. The standard InChI is InChI=1S/C19H27ClN4O3/c1-2-23(12-17(25)26)15-9-14(10-15)22-18-16(20)8-13(11-21-18)19(27)24-6-4-3-5-7-24/h8,11,14-15H,2-7,9-10,12H2,1H3,(H,21,22)(H,25,26). The lowest BCUT2D eigenvalue weighted by atomic mass is 9.85. The zero-order valence-corrected chi connectivity index (χ0v) is 16.4. The van der Waals surface area contributed by atoms with Gasteiger partial charge < -0.3 is 15.3 Å². The molecule has 0 unspecified atom stereocenters. The molecule has 1 aromatic heterocycles. The minimum Gasteiger partial charge on any atom is -0.480 e. The molecule has 2 heterocycles. The van der Waals surface area contributed by atoms with Crippen molar-refractivity contribution in [2.75, 3.05) is 31.5 Å². The van der Waals surface area contributed by atoms with Crippen LogP contribution in [0.1, 0.15) is 49.4 Å². The zero-order valence-electron chi connectivity index (χ0n) is 15.7. The number of carbonyl (C=O) groups is 2. The average molecular weight is 395 g/mol. The molecule has 3 rings (SSSR count). The van der Waals surface area contributed by atoms with Crippen molar-refractivity contribution in [1.29, 1.82) is 0 Å². The largest absolute Gasteiger partial charge is 0.480 e. The molecule has 1 saturated heterocycles. The van der Waals surface area contributed by atoms with Crippen LogP contribution in [0, 0.1) is 0 Å². The zero-order chi connectivity index (χ0) is 19.4. The summed E-state index contributed by atoms with van der Waals surface area (Å²) in [5.74, 6) is -0.227. The van der Waals surface area contributed by atoms with Crippen molar-refractivity contribution >= 4 is 29.3 Å². The van der Waals surface area contributed by atoms with Gasteiger partial charge in [0.2, 0.25) is 0 Å². The summed E-state index contributed by atoms with van der Waals surface area (Å²) in [5, 5.41) is 12.7. The Morgan fingerprint density at radius 1 is 1.33 bits per heavy atom. The van der Waals surface area contributed by atoms with Gasteiger partial charge in [0.1, 0.15) is 5.82 Å². The van der Waals surface area contributed by atoms with Crippen LogP contribution in [0.15, 0.2) is 12.3 Å². The first-order chi connectivity index (χ1) is 13.0. The summed E-state index contributed by atoms with van der Waals surface area (Å²) in [7, 11) is 0. The quantitative estimate of drug-likeness (QED) is 0.739. The lowest BCUT2D eigenvalue weighted by Gasteiger charge is -2.42. The molecular weight excluding hydrogens is 368 g/mol. The molecule has 27 heavy (non-hydrogen) atoms. The van der Waals surface area contributed by atoms with E-state index in [2.05, 4.69) is 10.3 Å². The Morgan fingerprint density at radius 2 is 2.04 bits per heavy atom. The average Bonchev–Trinajstić information content (AvgIpc) is 2.63. The highest BCUT2D eigenvalue weighted by atomic mass is 35.5. The van der Waals surface area contributed by atoms with E-state index in [1.54, 1.807) is 12.3 Å². The Hall–Kier alpha value is -1.86. The number of rotatable bonds is 7. The number of nitrogens with one attached hydrogen (secondary N) is 1. The summed E-state index contributed by atoms with van der Waals surface area (Å²) in [6.07, 6.45) is 6.57. The topological polar surface area (TPSA) is 85.8 Å². The Morgan fingerprint density at radius 3 is 2.63 bits per heavy atom. The molecular formula is C19H27ClN4O3. The predicted octanol–water partition coefficient (Wildman–Crippen LogP) is 2.71. The van der Waals surface area contributed by atoms with Crippen LogP contribution < -0.4 is 5.32 Å². The number of piperidine rings is 1. The fourth-order valence-corrected chi connectivity index (χ4v) is 4.03. The van der Waals surface area contributed by atoms with Crippen molar-refractivity contribution in [3.8, 4) is 0 Å². The van der Waals surface area contributed by atoms with Crippen molar-refractivity contribution in [3.63, 3.8) is 0 Å². The number of carboxylic acids is 1. The number of likely N-dealkylation sites (tertiary alicyclic amines) is 1. The van der Waals surface area contributed by atoms with Gasteiger partial charge >= 0.3 is 5.97 Å². The summed E-state index contributed by atoms with van der Waals surface area (Å²) in [6, 6.07) is 2.17. The second-order valence-corrected chi connectivity index (χ2v) is 7.74. The number of aliphatic carboxylic acids is 1. The third-order valence-electron chi connectivity index (χ3n) is 5.45. The Balaban J connectivity index is 1.54. The van der Waals surface area contributed by atoms with Gasteiger partial charge in [-0.1, -0.05) is 18.5 Å². The van der Waals surface area contributed by atoms with Gasteiger partial charge in [-0.15, -0.1) is 0 Å². The van der Waals surface area contributed by atoms with Gasteiger partial charge in [0.15, 0.2) is 0 Å². The van der Waals surface area contributed by atoms with E-state index in [4.69, 9.17) is 16.7 Å². The van der Waals surface area contributed by atoms with Crippen LogP contribution in [0.4, 0.5) is 5.82 Å². The van der Waals surface area contributed by atoms with Crippen LogP contribution in [-0.2, 0) is 4.79 Å². The Bertz CT molecular complexity index is 688. The Kier molecular flexibility index (Phi) is 6.55. The molecule has 1 aliphatic heterocycles. The van der Waals surface area contributed by atoms with Crippen LogP contribution in [-0.4, -0.2) is 70.0 Å². The Labute approximate surface area is 164 Å². The van der Waals surface area contributed by atoms with Crippen molar-refractivity contribution in [2.45, 2.75) is 51.1 Å². The third-order valence-corrected chi connectivity index (χ3v) is 5.73. The van der Waals surface area contributed by atoms with Gasteiger partial charge in [0.05, 0.1) is 17.1 Å². The third kappa shape index (κ3) is 4.90. The first kappa shape index (κ1) is 19.9. The summed E-state index contributed by atoms with van der Waals surface area (Å²) in [5.41, 5.74) is 0.526. The van der Waals surface area contributed by atoms with Crippen molar-refractivity contribution in [1.82, 2.24) is 14.8 Å². The highest BCUT2D eigenvalue weighted by Crippen LogP contribution is 2.30. The molecule has 2 aliphatic rings. The fourth-order valence-electron chi connectivity index (χ4n) is 3.81. The minimum absolute atomic E-state index is 0.00776. The van der Waals surface area contributed by atoms with Gasteiger partial charge in [-0.25, -0.2) is 4.98 Å². The van der Waals surface area contributed by atoms with Gasteiger partial charge in [0.25, 0.3) is 5.91 Å². The van der Waals surface area contributed by atoms with Gasteiger partial charge in [-0.2, -0.15) is 0 Å². The van der Waals surface area contributed by atoms with E-state index in [0.717, 1.165) is 45.3 Å². The lowest BCUT2D eigenvalue weighted by Crippen LogP contribution is -2.51. The maximum atomic E-state index is 12.5. The minimum atomic E-state index is -0.799. The summed E-state index contributed by atoms with van der Waals surface area (Å²) in [6.45, 7) is 4.35. The van der Waals surface area contributed by atoms with E-state index >= 15 is 0 Å². The lowest BCUT2D eigenvalue weighted by molar-refractivity contribution is -0.139. The van der Waals surface area contributed by atoms with E-state index < -0.39 is 5.97 Å². The normalized spacial score (nSPS) is 22.4. The highest BCUT2D eigenvalue weighted by molar-refractivity contribution is 6.33. The van der Waals surface area contributed by atoms with Gasteiger partial charge in [-0.3, -0.25) is 14.5 Å². The summed E-state index contributed by atoms with van der Waals surface area (Å²) < 4.78 is 0. The molecule has 8 heteroatoms. The number of hydrogen-bond donors (Lipinski definition) is 2. The SMILES string of the molecule is CCN(CC(=O)O)C1CC(Nc2ncc(C(=O)N3CCCCC3)cc2Cl)C1. The van der Waals surface area contributed by atoms with Crippen LogP contribution in [0.25, 0.3) is 0 Å². The highest BCUT2D eigenvalue weighted by Gasteiger charge is 2.34. The molecule has 0 radical (unpaired) electrons. The second kappa shape index (κ2) is 8.89. The molecule has 0 bridgehead atoms. The number of carbonyl (C=O) groups excluding carboxylic acids is 1. The molecule has 1 amide bonds. The molecule has 2 N–H and O–H groups in total. The molecule has 0 spiro atoms. The molecule has 7 nitrogen and oxygen atoms in total. The molecule has 2 fully saturated rings. The second-order valence-electron chi connectivity index (χ2n) is 7.33. The fraction of sp³-hybridized carbons (Fsp3) is 0.632. The molecule has 148 valence electrons. The monoisotopic (exact) mass is 394 g/mol. The van der Waals surface area contributed by atoms with Gasteiger partial charge in [0, 0.05) is 31.4 Å². The van der Waals surface area contributed by atoms with E-state index in [0.29, 0.717) is 16.4 Å². The van der Waals surface area contributed by atoms with Crippen molar-refractivity contribution < 1.29 is 14.7 Å². The van der Waals surface area contributed by atoms with E-state index in [9.17, 15) is 9.59 Å². The van der Waals surface area contributed by atoms with E-state index in [-0.39, 0.29) is 24.5 Å². The van der Waals surface area contributed by atoms with Crippen LogP contribution in [0.3, 0.4) is 0 Å². The molecule has 1 aromatic rings. The molecule has 1 aliphatic carbocycles. The maximum absolute atomic E-state index is 12.5. The number of nitrogens with zero attached hydrogens (tertiary/aromatic N) is 3. The van der Waals surface area contributed by atoms with Crippen LogP contribution >= 0.6 is 11.6 Å². The number of anilines is 1. The number of halogens is 1. The maximum Gasteiger partial charge on any atom is 0.317 e. The van der Waals surface area contributed by atoms with E-state index in [1.807, 2.05) is 16.7 Å². The number of likely N-dealkylation sites (N-methyl/N-ethyl adjacent to an activating group) is 1. The van der Waals surface area contributed by atoms with Crippen LogP contribution in [0.5, 0.6) is 0 Å². The van der Waals surface area contributed by atoms with E-state index in [1.165, 1.54) is 6.42 Å². The number of carboxylic acid groups (broad SMARTS) is 1. The van der Waals surface area contributed by atoms with Gasteiger partial charge in [-0.05, 0) is 44.7 Å². The summed E-state index contributed by atoms with van der Waals surface area (Å²) >= 11 is 6.35. The van der Waals surface area contributed by atoms with Crippen molar-refractivity contribution in [2.24, 2.45) is 0 Å². The number of pyridine rings is 1. The number of aromatic nitrogens is 1. The van der Waals surface area contributed by atoms with Crippen molar-refractivity contribution in [3.05, 3.63) is 22.8 Å². The first-order valence-electron chi connectivity index (χ1n) is 9.65. The first-order valence-corrected chi connectivity index (χ1v) is 10.0. The molecule has 0 atom stereocenters. The number of amides is 1. The van der Waals surface area contributed by atoms with Crippen LogP contribution in [0.2, 0.25) is 5.02 Å².